The topological polar surface area (TPSA) is 56.0 Å². The minimum absolute atomic E-state index is 0.0270. The highest BCUT2D eigenvalue weighted by molar-refractivity contribution is 9.10. The summed E-state index contributed by atoms with van der Waals surface area (Å²) in [7, 11) is 0. The van der Waals surface area contributed by atoms with E-state index < -0.39 is 5.82 Å². The summed E-state index contributed by atoms with van der Waals surface area (Å²) in [5.74, 6) is -0.588. The molecule has 0 aliphatic rings. The molecule has 2 aromatic rings. The molecular weight excluding hydrogens is 299 g/mol. The van der Waals surface area contributed by atoms with Gasteiger partial charge in [0.25, 0.3) is 0 Å². The van der Waals surface area contributed by atoms with Crippen molar-refractivity contribution in [2.24, 2.45) is 0 Å². The number of hydrogen-bond donors (Lipinski definition) is 1. The molecule has 1 aromatic carbocycles. The molecule has 0 atom stereocenters. The Labute approximate surface area is 112 Å². The normalized spacial score (nSPS) is 10.3. The number of rotatable bonds is 3. The van der Waals surface area contributed by atoms with Crippen molar-refractivity contribution in [1.29, 1.82) is 0 Å². The third-order valence-corrected chi connectivity index (χ3v) is 3.18. The summed E-state index contributed by atoms with van der Waals surface area (Å²) in [6.07, 6.45) is 1.57. The van der Waals surface area contributed by atoms with Crippen LogP contribution < -0.4 is 5.73 Å². The standard InChI is InChI=1S/C13H10BrFN2O/c14-9-4-1-5-10(15)12(9)11(18)7-8-3-2-6-17-13(8)16/h1-6H,7H2,(H2,16,17). The van der Waals surface area contributed by atoms with Crippen molar-refractivity contribution in [3.05, 3.63) is 57.9 Å². The molecule has 0 aliphatic carbocycles. The maximum Gasteiger partial charge on any atom is 0.171 e. The molecular formula is C13H10BrFN2O. The van der Waals surface area contributed by atoms with Gasteiger partial charge in [0.1, 0.15) is 11.6 Å². The molecule has 18 heavy (non-hydrogen) atoms. The average Bonchev–Trinajstić information content (AvgIpc) is 2.32. The van der Waals surface area contributed by atoms with Gasteiger partial charge in [0.15, 0.2) is 5.78 Å². The highest BCUT2D eigenvalue weighted by Gasteiger charge is 2.16. The number of carbonyl (C=O) groups excluding carboxylic acids is 1. The first kappa shape index (κ1) is 12.7. The average molecular weight is 309 g/mol. The number of hydrogen-bond acceptors (Lipinski definition) is 3. The lowest BCUT2D eigenvalue weighted by molar-refractivity contribution is 0.0988. The van der Waals surface area contributed by atoms with Crippen molar-refractivity contribution >= 4 is 27.5 Å². The van der Waals surface area contributed by atoms with Crippen molar-refractivity contribution < 1.29 is 9.18 Å². The lowest BCUT2D eigenvalue weighted by Crippen LogP contribution is -2.09. The molecule has 0 amide bonds. The van der Waals surface area contributed by atoms with Crippen LogP contribution in [-0.2, 0) is 6.42 Å². The highest BCUT2D eigenvalue weighted by atomic mass is 79.9. The molecule has 0 aliphatic heterocycles. The number of nitrogen functional groups attached to an aromatic ring is 1. The van der Waals surface area contributed by atoms with E-state index in [1.807, 2.05) is 0 Å². The van der Waals surface area contributed by atoms with Crippen molar-refractivity contribution in [1.82, 2.24) is 4.98 Å². The number of aromatic nitrogens is 1. The Kier molecular flexibility index (Phi) is 3.72. The second-order valence-corrected chi connectivity index (χ2v) is 4.60. The van der Waals surface area contributed by atoms with Gasteiger partial charge in [-0.15, -0.1) is 0 Å². The maximum atomic E-state index is 13.6. The SMILES string of the molecule is Nc1ncccc1CC(=O)c1c(F)cccc1Br. The monoisotopic (exact) mass is 308 g/mol. The van der Waals surface area contributed by atoms with Gasteiger partial charge in [0.2, 0.25) is 0 Å². The largest absolute Gasteiger partial charge is 0.383 e. The first-order valence-electron chi connectivity index (χ1n) is 5.26. The van der Waals surface area contributed by atoms with Gasteiger partial charge in [0.05, 0.1) is 5.56 Å². The third-order valence-electron chi connectivity index (χ3n) is 2.52. The Morgan fingerprint density at radius 2 is 2.11 bits per heavy atom. The fourth-order valence-corrected chi connectivity index (χ4v) is 2.19. The van der Waals surface area contributed by atoms with Crippen LogP contribution in [0.2, 0.25) is 0 Å². The van der Waals surface area contributed by atoms with Gasteiger partial charge in [-0.3, -0.25) is 4.79 Å². The molecule has 0 radical (unpaired) electrons. The fourth-order valence-electron chi connectivity index (χ4n) is 1.63. The molecule has 0 saturated carbocycles. The van der Waals surface area contributed by atoms with E-state index in [1.54, 1.807) is 24.4 Å². The lowest BCUT2D eigenvalue weighted by Gasteiger charge is -2.06. The van der Waals surface area contributed by atoms with E-state index in [-0.39, 0.29) is 17.8 Å². The van der Waals surface area contributed by atoms with Crippen molar-refractivity contribution in [3.63, 3.8) is 0 Å². The summed E-state index contributed by atoms with van der Waals surface area (Å²) in [6.45, 7) is 0. The Morgan fingerprint density at radius 1 is 1.33 bits per heavy atom. The Bertz CT molecular complexity index is 581. The Hall–Kier alpha value is -1.75. The molecule has 5 heteroatoms. The Morgan fingerprint density at radius 3 is 2.78 bits per heavy atom. The quantitative estimate of drug-likeness (QED) is 0.887. The summed E-state index contributed by atoms with van der Waals surface area (Å²) in [5.41, 5.74) is 6.29. The lowest BCUT2D eigenvalue weighted by atomic mass is 10.0. The summed E-state index contributed by atoms with van der Waals surface area (Å²) in [4.78, 5) is 15.9. The van der Waals surface area contributed by atoms with Gasteiger partial charge in [-0.25, -0.2) is 9.37 Å². The van der Waals surface area contributed by atoms with E-state index in [4.69, 9.17) is 5.73 Å². The third kappa shape index (κ3) is 2.56. The molecule has 1 heterocycles. The van der Waals surface area contributed by atoms with Gasteiger partial charge < -0.3 is 5.73 Å². The zero-order valence-electron chi connectivity index (χ0n) is 9.36. The molecule has 92 valence electrons. The van der Waals surface area contributed by atoms with E-state index in [2.05, 4.69) is 20.9 Å². The Balaban J connectivity index is 2.31. The van der Waals surface area contributed by atoms with Crippen LogP contribution in [0.5, 0.6) is 0 Å². The number of pyridine rings is 1. The number of carbonyl (C=O) groups is 1. The van der Waals surface area contributed by atoms with E-state index in [1.165, 1.54) is 12.1 Å². The van der Waals surface area contributed by atoms with Crippen LogP contribution in [0.1, 0.15) is 15.9 Å². The van der Waals surface area contributed by atoms with E-state index in [9.17, 15) is 9.18 Å². The van der Waals surface area contributed by atoms with Gasteiger partial charge in [-0.2, -0.15) is 0 Å². The van der Waals surface area contributed by atoms with Crippen molar-refractivity contribution in [2.45, 2.75) is 6.42 Å². The molecule has 0 spiro atoms. The molecule has 1 aromatic heterocycles. The van der Waals surface area contributed by atoms with Crippen LogP contribution in [0.4, 0.5) is 10.2 Å². The first-order valence-corrected chi connectivity index (χ1v) is 6.05. The first-order chi connectivity index (χ1) is 8.59. The van der Waals surface area contributed by atoms with Crippen LogP contribution in [0.3, 0.4) is 0 Å². The second-order valence-electron chi connectivity index (χ2n) is 3.74. The summed E-state index contributed by atoms with van der Waals surface area (Å²) in [5, 5.41) is 0. The highest BCUT2D eigenvalue weighted by Crippen LogP contribution is 2.22. The summed E-state index contributed by atoms with van der Waals surface area (Å²) < 4.78 is 14.0. The molecule has 0 bridgehead atoms. The number of nitrogens with two attached hydrogens (primary N) is 1. The number of nitrogens with zero attached hydrogens (tertiary/aromatic N) is 1. The van der Waals surface area contributed by atoms with Gasteiger partial charge in [-0.05, 0) is 34.1 Å². The molecule has 3 nitrogen and oxygen atoms in total. The maximum absolute atomic E-state index is 13.6. The number of anilines is 1. The van der Waals surface area contributed by atoms with E-state index in [0.717, 1.165) is 0 Å². The zero-order chi connectivity index (χ0) is 13.1. The van der Waals surface area contributed by atoms with Gasteiger partial charge >= 0.3 is 0 Å². The second kappa shape index (κ2) is 5.27. The predicted molar refractivity (Wildman–Crippen MR) is 70.8 cm³/mol. The number of ketones is 1. The smallest absolute Gasteiger partial charge is 0.171 e. The van der Waals surface area contributed by atoms with Crippen LogP contribution in [-0.4, -0.2) is 10.8 Å². The summed E-state index contributed by atoms with van der Waals surface area (Å²) >= 11 is 3.17. The fraction of sp³-hybridized carbons (Fsp3) is 0.0769. The van der Waals surface area contributed by atoms with Gasteiger partial charge in [-0.1, -0.05) is 12.1 Å². The molecule has 2 N–H and O–H groups in total. The number of benzene rings is 1. The van der Waals surface area contributed by atoms with E-state index >= 15 is 0 Å². The van der Waals surface area contributed by atoms with Crippen LogP contribution >= 0.6 is 15.9 Å². The minimum Gasteiger partial charge on any atom is -0.383 e. The molecule has 0 fully saturated rings. The van der Waals surface area contributed by atoms with Crippen LogP contribution in [0.15, 0.2) is 41.0 Å². The zero-order valence-corrected chi connectivity index (χ0v) is 10.9. The number of Topliss-reactive ketones (excluding diaryl/α,β-unsaturated/α-hetero) is 1. The van der Waals surface area contributed by atoms with E-state index in [0.29, 0.717) is 15.9 Å². The predicted octanol–water partition coefficient (Wildman–Crippen LogP) is 2.99. The van der Waals surface area contributed by atoms with Crippen molar-refractivity contribution in [3.8, 4) is 0 Å². The van der Waals surface area contributed by atoms with Crippen molar-refractivity contribution in [2.75, 3.05) is 5.73 Å². The molecule has 2 rings (SSSR count). The molecule has 0 unspecified atom stereocenters. The van der Waals surface area contributed by atoms with Crippen LogP contribution in [0.25, 0.3) is 0 Å². The van der Waals surface area contributed by atoms with Gasteiger partial charge in [0, 0.05) is 22.7 Å². The molecule has 0 saturated heterocycles. The minimum atomic E-state index is -0.545. The summed E-state index contributed by atoms with van der Waals surface area (Å²) in [6, 6.07) is 7.81. The number of halogens is 2. The van der Waals surface area contributed by atoms with Crippen LogP contribution in [0, 0.1) is 5.82 Å².